The van der Waals surface area contributed by atoms with Gasteiger partial charge in [0, 0.05) is 44.8 Å². The number of benzene rings is 1. The maximum absolute atomic E-state index is 13.2. The quantitative estimate of drug-likeness (QED) is 0.789. The van der Waals surface area contributed by atoms with Gasteiger partial charge < -0.3 is 14.0 Å². The molecule has 7 heteroatoms. The summed E-state index contributed by atoms with van der Waals surface area (Å²) < 4.78 is 40.5. The number of sulfonamides is 1. The van der Waals surface area contributed by atoms with Crippen LogP contribution in [0.4, 0.5) is 0 Å². The number of nitrogens with zero attached hydrogens (tertiary/aromatic N) is 2. The second-order valence-electron chi connectivity index (χ2n) is 6.28. The smallest absolute Gasteiger partial charge is 0.243 e. The van der Waals surface area contributed by atoms with E-state index in [4.69, 9.17) is 9.47 Å². The molecule has 1 atom stereocenters. The third-order valence-corrected chi connectivity index (χ3v) is 6.40. The van der Waals surface area contributed by atoms with Crippen LogP contribution in [-0.2, 0) is 27.8 Å². The second kappa shape index (κ2) is 7.59. The summed E-state index contributed by atoms with van der Waals surface area (Å²) in [6.07, 6.45) is 2.83. The Balaban J connectivity index is 1.93. The number of fused-ring (bicyclic) bond motifs is 1. The molecule has 6 nitrogen and oxygen atoms in total. The Kier molecular flexibility index (Phi) is 5.46. The normalized spacial score (nSPS) is 18.6. The highest BCUT2D eigenvalue weighted by molar-refractivity contribution is 7.89. The van der Waals surface area contributed by atoms with E-state index in [0.717, 1.165) is 18.7 Å². The summed E-state index contributed by atoms with van der Waals surface area (Å²) in [5.74, 6) is 0.740. The number of rotatable bonds is 6. The minimum absolute atomic E-state index is 0.203. The lowest BCUT2D eigenvalue weighted by Gasteiger charge is -2.23. The maximum atomic E-state index is 13.2. The SMILES string of the molecule is COCC[C@@H]1CN(S(=O)(=O)c2cccc(OC)c2)Cc2cccn2C1. The zero-order chi connectivity index (χ0) is 17.9. The topological polar surface area (TPSA) is 60.8 Å². The number of aromatic nitrogens is 1. The predicted octanol–water partition coefficient (Wildman–Crippen LogP) is 2.35. The molecule has 0 amide bonds. The first-order valence-electron chi connectivity index (χ1n) is 8.31. The van der Waals surface area contributed by atoms with Gasteiger partial charge in [-0.1, -0.05) is 6.07 Å². The van der Waals surface area contributed by atoms with Crippen LogP contribution in [0.15, 0.2) is 47.5 Å². The molecule has 0 saturated heterocycles. The Morgan fingerprint density at radius 2 is 2.00 bits per heavy atom. The summed E-state index contributed by atoms with van der Waals surface area (Å²) in [6, 6.07) is 10.6. The highest BCUT2D eigenvalue weighted by Crippen LogP contribution is 2.27. The van der Waals surface area contributed by atoms with Crippen LogP contribution in [0.2, 0.25) is 0 Å². The molecule has 136 valence electrons. The number of hydrogen-bond donors (Lipinski definition) is 0. The Morgan fingerprint density at radius 3 is 2.76 bits per heavy atom. The van der Waals surface area contributed by atoms with E-state index in [-0.39, 0.29) is 10.8 Å². The molecule has 0 saturated carbocycles. The molecule has 1 aliphatic heterocycles. The predicted molar refractivity (Wildman–Crippen MR) is 95.0 cm³/mol. The molecule has 0 aliphatic carbocycles. The monoisotopic (exact) mass is 364 g/mol. The van der Waals surface area contributed by atoms with Crippen molar-refractivity contribution in [2.24, 2.45) is 5.92 Å². The number of ether oxygens (including phenoxy) is 2. The van der Waals surface area contributed by atoms with E-state index in [1.54, 1.807) is 35.7 Å². The van der Waals surface area contributed by atoms with E-state index < -0.39 is 10.0 Å². The zero-order valence-electron chi connectivity index (χ0n) is 14.6. The van der Waals surface area contributed by atoms with Crippen LogP contribution in [0, 0.1) is 5.92 Å². The van der Waals surface area contributed by atoms with Gasteiger partial charge in [-0.05, 0) is 36.6 Å². The second-order valence-corrected chi connectivity index (χ2v) is 8.21. The van der Waals surface area contributed by atoms with Gasteiger partial charge >= 0.3 is 0 Å². The van der Waals surface area contributed by atoms with Crippen molar-refractivity contribution in [3.63, 3.8) is 0 Å². The van der Waals surface area contributed by atoms with Gasteiger partial charge in [-0.15, -0.1) is 0 Å². The van der Waals surface area contributed by atoms with E-state index in [0.29, 0.717) is 25.4 Å². The van der Waals surface area contributed by atoms with Gasteiger partial charge in [0.25, 0.3) is 0 Å². The Bertz CT molecular complexity index is 816. The summed E-state index contributed by atoms with van der Waals surface area (Å²) in [4.78, 5) is 0.261. The van der Waals surface area contributed by atoms with Crippen molar-refractivity contribution in [2.75, 3.05) is 27.4 Å². The molecule has 3 rings (SSSR count). The molecule has 0 unspecified atom stereocenters. The van der Waals surface area contributed by atoms with E-state index >= 15 is 0 Å². The molecule has 1 aromatic heterocycles. The molecule has 0 radical (unpaired) electrons. The summed E-state index contributed by atoms with van der Waals surface area (Å²) in [5, 5.41) is 0. The van der Waals surface area contributed by atoms with Gasteiger partial charge in [-0.3, -0.25) is 0 Å². The van der Waals surface area contributed by atoms with Crippen molar-refractivity contribution in [1.82, 2.24) is 8.87 Å². The molecule has 2 aromatic rings. The summed E-state index contributed by atoms with van der Waals surface area (Å²) in [5.41, 5.74) is 1.01. The van der Waals surface area contributed by atoms with Gasteiger partial charge in [0.15, 0.2) is 0 Å². The van der Waals surface area contributed by atoms with Crippen LogP contribution in [-0.4, -0.2) is 44.7 Å². The van der Waals surface area contributed by atoms with Gasteiger partial charge in [0.2, 0.25) is 10.0 Å². The average Bonchev–Trinajstić information content (AvgIpc) is 2.97. The first kappa shape index (κ1) is 18.0. The largest absolute Gasteiger partial charge is 0.497 e. The van der Waals surface area contributed by atoms with Crippen LogP contribution in [0.3, 0.4) is 0 Å². The lowest BCUT2D eigenvalue weighted by molar-refractivity contribution is 0.167. The third kappa shape index (κ3) is 3.89. The van der Waals surface area contributed by atoms with Crippen molar-refractivity contribution in [3.8, 4) is 5.75 Å². The van der Waals surface area contributed by atoms with Crippen molar-refractivity contribution in [3.05, 3.63) is 48.3 Å². The lowest BCUT2D eigenvalue weighted by atomic mass is 10.1. The Labute approximate surface area is 149 Å². The molecule has 1 aliphatic rings. The molecule has 1 aromatic carbocycles. The van der Waals surface area contributed by atoms with Crippen LogP contribution < -0.4 is 4.74 Å². The molecule has 0 N–H and O–H groups in total. The van der Waals surface area contributed by atoms with E-state index in [9.17, 15) is 8.42 Å². The number of hydrogen-bond acceptors (Lipinski definition) is 4. The molecular weight excluding hydrogens is 340 g/mol. The fourth-order valence-electron chi connectivity index (χ4n) is 3.20. The highest BCUT2D eigenvalue weighted by Gasteiger charge is 2.31. The number of methoxy groups -OCH3 is 2. The zero-order valence-corrected chi connectivity index (χ0v) is 15.4. The summed E-state index contributed by atoms with van der Waals surface area (Å²) in [7, 11) is -0.395. The fraction of sp³-hybridized carbons (Fsp3) is 0.444. The Hall–Kier alpha value is -1.83. The van der Waals surface area contributed by atoms with E-state index in [2.05, 4.69) is 4.57 Å². The third-order valence-electron chi connectivity index (χ3n) is 4.59. The van der Waals surface area contributed by atoms with Crippen LogP contribution in [0.1, 0.15) is 12.1 Å². The van der Waals surface area contributed by atoms with Gasteiger partial charge in [-0.2, -0.15) is 4.31 Å². The maximum Gasteiger partial charge on any atom is 0.243 e. The first-order valence-corrected chi connectivity index (χ1v) is 9.75. The van der Waals surface area contributed by atoms with Gasteiger partial charge in [0.05, 0.1) is 18.6 Å². The van der Waals surface area contributed by atoms with E-state index in [1.807, 2.05) is 18.3 Å². The van der Waals surface area contributed by atoms with Crippen molar-refractivity contribution in [1.29, 1.82) is 0 Å². The van der Waals surface area contributed by atoms with Crippen LogP contribution >= 0.6 is 0 Å². The molecule has 2 heterocycles. The van der Waals surface area contributed by atoms with Crippen molar-refractivity contribution < 1.29 is 17.9 Å². The fourth-order valence-corrected chi connectivity index (χ4v) is 4.72. The highest BCUT2D eigenvalue weighted by atomic mass is 32.2. The molecule has 0 spiro atoms. The first-order chi connectivity index (χ1) is 12.0. The standard InChI is InChI=1S/C18H24N2O4S/c1-23-10-8-15-12-19-9-4-5-16(19)14-20(13-15)25(21,22)18-7-3-6-17(11-18)24-2/h3-7,9,11,15H,8,10,12-14H2,1-2H3/t15-/m0/s1. The lowest BCUT2D eigenvalue weighted by Crippen LogP contribution is -2.34. The molecular formula is C18H24N2O4S. The van der Waals surface area contributed by atoms with Crippen molar-refractivity contribution in [2.45, 2.75) is 24.4 Å². The molecule has 0 fully saturated rings. The average molecular weight is 364 g/mol. The Morgan fingerprint density at radius 1 is 1.16 bits per heavy atom. The van der Waals surface area contributed by atoms with Gasteiger partial charge in [-0.25, -0.2) is 8.42 Å². The molecule has 25 heavy (non-hydrogen) atoms. The van der Waals surface area contributed by atoms with Gasteiger partial charge in [0.1, 0.15) is 5.75 Å². The minimum Gasteiger partial charge on any atom is -0.497 e. The van der Waals surface area contributed by atoms with Crippen LogP contribution in [0.25, 0.3) is 0 Å². The molecule has 0 bridgehead atoms. The van der Waals surface area contributed by atoms with Crippen LogP contribution in [0.5, 0.6) is 5.75 Å². The van der Waals surface area contributed by atoms with E-state index in [1.165, 1.54) is 7.11 Å². The minimum atomic E-state index is -3.60. The van der Waals surface area contributed by atoms with Crippen molar-refractivity contribution >= 4 is 10.0 Å². The summed E-state index contributed by atoms with van der Waals surface area (Å²) >= 11 is 0. The summed E-state index contributed by atoms with van der Waals surface area (Å²) in [6.45, 7) is 2.27.